The molecule has 0 saturated heterocycles. The van der Waals surface area contributed by atoms with E-state index in [1.54, 1.807) is 0 Å². The zero-order valence-electron chi connectivity index (χ0n) is 43.8. The fourth-order valence-corrected chi connectivity index (χ4v) is 15.1. The first-order valence-electron chi connectivity index (χ1n) is 27.9. The molecule has 3 aliphatic rings. The number of hydrogen-bond acceptors (Lipinski definition) is 1. The largest absolute Gasteiger partial charge is 0.309 e. The van der Waals surface area contributed by atoms with Gasteiger partial charge in [-0.2, -0.15) is 0 Å². The van der Waals surface area contributed by atoms with Crippen LogP contribution in [0.15, 0.2) is 303 Å². The van der Waals surface area contributed by atoms with Gasteiger partial charge in [0.1, 0.15) is 0 Å². The Morgan fingerprint density at radius 1 is 0.250 bits per heavy atom. The smallest absolute Gasteiger partial charge is 0.0755 e. The van der Waals surface area contributed by atoms with E-state index in [1.165, 1.54) is 122 Å². The van der Waals surface area contributed by atoms with Crippen molar-refractivity contribution in [2.75, 3.05) is 4.90 Å². The lowest BCUT2D eigenvalue weighted by Crippen LogP contribution is -2.33. The molecule has 2 heteroatoms. The predicted molar refractivity (Wildman–Crippen MR) is 332 cm³/mol. The minimum Gasteiger partial charge on any atom is -0.309 e. The maximum Gasteiger partial charge on any atom is 0.0755 e. The molecule has 17 rings (SSSR count). The summed E-state index contributed by atoms with van der Waals surface area (Å²) in [5, 5.41) is 5.00. The van der Waals surface area contributed by atoms with Crippen molar-refractivity contribution in [3.63, 3.8) is 0 Å². The number of hydrogen-bond donors (Lipinski definition) is 0. The summed E-state index contributed by atoms with van der Waals surface area (Å²) < 4.78 is 2.54. The number of benzene rings is 13. The minimum atomic E-state index is -0.643. The van der Waals surface area contributed by atoms with Crippen LogP contribution in [0.25, 0.3) is 82.8 Å². The Kier molecular flexibility index (Phi) is 9.58. The first-order chi connectivity index (χ1) is 39.8. The van der Waals surface area contributed by atoms with Gasteiger partial charge in [-0.1, -0.05) is 273 Å². The van der Waals surface area contributed by atoms with Gasteiger partial charge in [0.2, 0.25) is 0 Å². The van der Waals surface area contributed by atoms with Gasteiger partial charge in [0.25, 0.3) is 0 Å². The van der Waals surface area contributed by atoms with E-state index in [0.717, 1.165) is 22.6 Å². The third-order valence-corrected chi connectivity index (χ3v) is 18.1. The fourth-order valence-electron chi connectivity index (χ4n) is 15.1. The van der Waals surface area contributed by atoms with E-state index in [2.05, 4.69) is 313 Å². The molecule has 80 heavy (non-hydrogen) atoms. The van der Waals surface area contributed by atoms with Crippen molar-refractivity contribution in [1.29, 1.82) is 0 Å². The summed E-state index contributed by atoms with van der Waals surface area (Å²) in [6.45, 7) is 0. The molecule has 372 valence electrons. The summed E-state index contributed by atoms with van der Waals surface area (Å²) in [5.74, 6) is 0. The van der Waals surface area contributed by atoms with Gasteiger partial charge in [-0.3, -0.25) is 0 Å². The summed E-state index contributed by atoms with van der Waals surface area (Å²) >= 11 is 0. The van der Waals surface area contributed by atoms with Crippen molar-refractivity contribution in [3.05, 3.63) is 348 Å². The Hall–Kier alpha value is -10.3. The topological polar surface area (TPSA) is 8.17 Å². The van der Waals surface area contributed by atoms with Gasteiger partial charge < -0.3 is 9.47 Å². The van der Waals surface area contributed by atoms with Crippen molar-refractivity contribution >= 4 is 49.6 Å². The molecule has 1 spiro atoms. The number of aromatic nitrogens is 1. The summed E-state index contributed by atoms with van der Waals surface area (Å²) in [5.41, 5.74) is 25.6. The van der Waals surface area contributed by atoms with Gasteiger partial charge in [-0.05, 0) is 113 Å². The molecule has 13 aromatic carbocycles. The number of rotatable bonds is 7. The van der Waals surface area contributed by atoms with Gasteiger partial charge in [0, 0.05) is 27.5 Å². The highest BCUT2D eigenvalue weighted by atomic mass is 15.2. The van der Waals surface area contributed by atoms with Gasteiger partial charge in [0.05, 0.1) is 44.6 Å². The summed E-state index contributed by atoms with van der Waals surface area (Å²) in [6.07, 6.45) is 0. The number of fused-ring (bicyclic) bond motifs is 16. The molecule has 1 aromatic heterocycles. The maximum atomic E-state index is 2.65. The highest BCUT2D eigenvalue weighted by Crippen LogP contribution is 2.65. The van der Waals surface area contributed by atoms with Crippen molar-refractivity contribution in [2.45, 2.75) is 10.8 Å². The lowest BCUT2D eigenvalue weighted by molar-refractivity contribution is 0.748. The molecule has 14 aromatic rings. The lowest BCUT2D eigenvalue weighted by atomic mass is 9.65. The molecule has 0 bridgehead atoms. The first kappa shape index (κ1) is 44.8. The number of anilines is 3. The number of nitrogens with zero attached hydrogens (tertiary/aromatic N) is 2. The van der Waals surface area contributed by atoms with Crippen molar-refractivity contribution < 1.29 is 0 Å². The van der Waals surface area contributed by atoms with Gasteiger partial charge in [0.15, 0.2) is 0 Å². The van der Waals surface area contributed by atoms with Crippen molar-refractivity contribution in [2.24, 2.45) is 0 Å². The first-order valence-corrected chi connectivity index (χ1v) is 27.9. The second-order valence-corrected chi connectivity index (χ2v) is 21.7. The predicted octanol–water partition coefficient (Wildman–Crippen LogP) is 19.8. The number of para-hydroxylation sites is 4. The molecular formula is C78H50N2. The molecule has 0 radical (unpaired) electrons. The highest BCUT2D eigenvalue weighted by Gasteiger charge is 2.53. The van der Waals surface area contributed by atoms with Crippen LogP contribution in [0.4, 0.5) is 17.1 Å². The highest BCUT2D eigenvalue weighted by molar-refractivity contribution is 6.14. The molecule has 0 saturated carbocycles. The van der Waals surface area contributed by atoms with E-state index in [4.69, 9.17) is 0 Å². The molecule has 2 nitrogen and oxygen atoms in total. The standard InChI is InChI=1S/C78H50N2/c1-3-27-52(28-4-1)77(53-29-5-2-6-30-53)63-40-15-11-36-61(63)74-66(77)43-23-49-72(74)79(69-46-18-13-34-58(69)57-33-10-9-32-56(57)55-38-21-26-51-25-7-8-31-54(51)55)73-50-24-44-67-75(73)62-37-12-16-41-64(62)78(67)65-42-17-20-48-71(65)80-70-47-19-14-35-59(70)60-39-22-45-68(78)76(60)80/h1-50H. The SMILES string of the molecule is c1ccc(C2(c3ccccc3)c3ccccc3-c3c(N(c4ccccc4-c4ccccc4-c4cccc5ccccc45)c4cccc5c4-c4ccccc4C54c5ccccc5-n5c6ccccc6c6cccc4c65)cccc32)cc1. The second kappa shape index (κ2) is 17.1. The van der Waals surface area contributed by atoms with Crippen LogP contribution in [0, 0.1) is 0 Å². The quantitative estimate of drug-likeness (QED) is 0.154. The molecular weight excluding hydrogens is 965 g/mol. The fraction of sp³-hybridized carbons (Fsp3) is 0.0256. The monoisotopic (exact) mass is 1010 g/mol. The third-order valence-electron chi connectivity index (χ3n) is 18.1. The van der Waals surface area contributed by atoms with Crippen LogP contribution < -0.4 is 4.90 Å². The average Bonchev–Trinajstić information content (AvgIpc) is 4.36. The van der Waals surface area contributed by atoms with Gasteiger partial charge in [-0.25, -0.2) is 0 Å². The summed E-state index contributed by atoms with van der Waals surface area (Å²) in [4.78, 5) is 2.65. The molecule has 1 unspecified atom stereocenters. The van der Waals surface area contributed by atoms with Crippen LogP contribution >= 0.6 is 0 Å². The zero-order valence-corrected chi connectivity index (χ0v) is 43.8. The summed E-state index contributed by atoms with van der Waals surface area (Å²) in [7, 11) is 0. The zero-order chi connectivity index (χ0) is 52.5. The molecule has 2 aliphatic carbocycles. The third kappa shape index (κ3) is 5.86. The summed E-state index contributed by atoms with van der Waals surface area (Å²) in [6, 6.07) is 114. The van der Waals surface area contributed by atoms with Crippen LogP contribution in [-0.2, 0) is 10.8 Å². The van der Waals surface area contributed by atoms with E-state index in [1.807, 2.05) is 0 Å². The van der Waals surface area contributed by atoms with Gasteiger partial charge >= 0.3 is 0 Å². The normalized spacial score (nSPS) is 14.9. The van der Waals surface area contributed by atoms with Gasteiger partial charge in [-0.15, -0.1) is 0 Å². The lowest BCUT2D eigenvalue weighted by Gasteiger charge is -2.40. The van der Waals surface area contributed by atoms with E-state index < -0.39 is 10.8 Å². The Balaban J connectivity index is 1.01. The molecule has 1 aliphatic heterocycles. The van der Waals surface area contributed by atoms with E-state index in [-0.39, 0.29) is 0 Å². The Morgan fingerprint density at radius 3 is 1.38 bits per heavy atom. The minimum absolute atomic E-state index is 0.602. The van der Waals surface area contributed by atoms with E-state index in [0.29, 0.717) is 0 Å². The van der Waals surface area contributed by atoms with Crippen molar-refractivity contribution in [1.82, 2.24) is 4.57 Å². The molecule has 1 atom stereocenters. The van der Waals surface area contributed by atoms with Crippen LogP contribution in [-0.4, -0.2) is 4.57 Å². The Bertz CT molecular complexity index is 4810. The Morgan fingerprint density at radius 2 is 0.675 bits per heavy atom. The Labute approximate surface area is 465 Å². The maximum absolute atomic E-state index is 2.65. The molecule has 0 N–H and O–H groups in total. The van der Waals surface area contributed by atoms with E-state index in [9.17, 15) is 0 Å². The average molecular weight is 1020 g/mol. The van der Waals surface area contributed by atoms with Crippen LogP contribution in [0.5, 0.6) is 0 Å². The van der Waals surface area contributed by atoms with Crippen LogP contribution in [0.2, 0.25) is 0 Å². The van der Waals surface area contributed by atoms with E-state index >= 15 is 0 Å². The second-order valence-electron chi connectivity index (χ2n) is 21.7. The molecule has 0 amide bonds. The molecule has 0 fully saturated rings. The van der Waals surface area contributed by atoms with Crippen LogP contribution in [0.3, 0.4) is 0 Å². The van der Waals surface area contributed by atoms with Crippen LogP contribution in [0.1, 0.15) is 44.5 Å². The molecule has 2 heterocycles. The van der Waals surface area contributed by atoms with Crippen molar-refractivity contribution in [3.8, 4) is 50.2 Å².